The van der Waals surface area contributed by atoms with Crippen LogP contribution in [0.4, 0.5) is 74.6 Å². The van der Waals surface area contributed by atoms with Gasteiger partial charge in [0.2, 0.25) is 0 Å². The summed E-state index contributed by atoms with van der Waals surface area (Å²) in [6, 6.07) is 6.00. The Balaban J connectivity index is 0.00000148. The maximum absolute atomic E-state index is 13.0. The predicted molar refractivity (Wildman–Crippen MR) is 78.0 cm³/mol. The molecule has 0 amide bonds. The Morgan fingerprint density at radius 2 is 0.806 bits per heavy atom. The maximum Gasteiger partial charge on any atom is 0.460 e. The summed E-state index contributed by atoms with van der Waals surface area (Å²) >= 11 is 0. The van der Waals surface area contributed by atoms with Gasteiger partial charge in [0, 0.05) is 12.1 Å². The number of alkyl halides is 17. The van der Waals surface area contributed by atoms with Crippen LogP contribution in [0.3, 0.4) is 0 Å². The van der Waals surface area contributed by atoms with Gasteiger partial charge in [-0.2, -0.15) is 74.6 Å². The van der Waals surface area contributed by atoms with Crippen molar-refractivity contribution in [2.75, 3.05) is 0 Å². The van der Waals surface area contributed by atoms with Crippen molar-refractivity contribution in [2.24, 2.45) is 7.05 Å². The largest absolute Gasteiger partial charge is 0.743 e. The van der Waals surface area contributed by atoms with Crippen molar-refractivity contribution in [3.8, 4) is 0 Å². The lowest BCUT2D eigenvalue weighted by molar-refractivity contribution is -0.671. The standard InChI is InChI=1S/C8HF17O3S.C6H8N/c9-1(10,3(13,14)5(17,18)7(21,22)23)2(11,12)4(15,16)6(19,20)8(24,25)29(26,27)28;1-7-5-3-2-4-6-7/h(H,26,27,28);2-6H,1H3/q;+1/p-1. The fourth-order valence-electron chi connectivity index (χ4n) is 1.79. The van der Waals surface area contributed by atoms with E-state index in [1.807, 2.05) is 42.2 Å². The monoisotopic (exact) mass is 593 g/mol. The number of rotatable bonds is 7. The van der Waals surface area contributed by atoms with E-state index in [1.165, 1.54) is 0 Å². The van der Waals surface area contributed by atoms with Gasteiger partial charge in [-0.05, 0) is 0 Å². The summed E-state index contributed by atoms with van der Waals surface area (Å²) in [7, 11) is -6.14. The average Bonchev–Trinajstić information content (AvgIpc) is 2.66. The second kappa shape index (κ2) is 9.31. The molecule has 0 fully saturated rings. The Morgan fingerprint density at radius 1 is 0.528 bits per heavy atom. The molecule has 0 radical (unpaired) electrons. The van der Waals surface area contributed by atoms with E-state index < -0.39 is 57.1 Å². The van der Waals surface area contributed by atoms with Gasteiger partial charge in [-0.1, -0.05) is 6.07 Å². The summed E-state index contributed by atoms with van der Waals surface area (Å²) in [6.07, 6.45) is -3.89. The van der Waals surface area contributed by atoms with Gasteiger partial charge < -0.3 is 4.55 Å². The molecule has 1 aromatic rings. The van der Waals surface area contributed by atoms with Crippen LogP contribution in [-0.2, 0) is 17.2 Å². The molecule has 0 saturated heterocycles. The molecule has 212 valence electrons. The van der Waals surface area contributed by atoms with Gasteiger partial charge in [-0.25, -0.2) is 13.0 Å². The highest BCUT2D eigenvalue weighted by Crippen LogP contribution is 2.64. The van der Waals surface area contributed by atoms with E-state index in [9.17, 15) is 87.6 Å². The topological polar surface area (TPSA) is 61.1 Å². The number of hydrogen-bond acceptors (Lipinski definition) is 3. The number of aryl methyl sites for hydroxylation is 1. The molecule has 22 heteroatoms. The minimum atomic E-state index is -8.92. The summed E-state index contributed by atoms with van der Waals surface area (Å²) in [5, 5.41) is -7.95. The molecule has 4 nitrogen and oxygen atoms in total. The third-order valence-electron chi connectivity index (χ3n) is 3.87. The third kappa shape index (κ3) is 5.01. The van der Waals surface area contributed by atoms with Crippen LogP contribution in [-0.4, -0.2) is 59.9 Å². The molecule has 0 aromatic carbocycles. The number of hydrogen-bond donors (Lipinski definition) is 0. The van der Waals surface area contributed by atoms with Crippen LogP contribution in [0.25, 0.3) is 0 Å². The van der Waals surface area contributed by atoms with E-state index in [4.69, 9.17) is 0 Å². The van der Waals surface area contributed by atoms with Crippen molar-refractivity contribution in [1.29, 1.82) is 0 Å². The second-order valence-electron chi connectivity index (χ2n) is 6.46. The smallest absolute Gasteiger partial charge is 0.460 e. The number of nitrogens with zero attached hydrogens (tertiary/aromatic N) is 1. The first-order valence-electron chi connectivity index (χ1n) is 7.96. The average molecular weight is 593 g/mol. The van der Waals surface area contributed by atoms with Crippen molar-refractivity contribution >= 4 is 10.1 Å². The van der Waals surface area contributed by atoms with Crippen LogP contribution in [0.2, 0.25) is 0 Å². The zero-order chi connectivity index (χ0) is 29.6. The second-order valence-corrected chi connectivity index (χ2v) is 7.88. The van der Waals surface area contributed by atoms with Gasteiger partial charge in [0.05, 0.1) is 0 Å². The molecule has 0 aliphatic carbocycles. The van der Waals surface area contributed by atoms with Crippen molar-refractivity contribution in [2.45, 2.75) is 47.0 Å². The maximum atomic E-state index is 13.0. The van der Waals surface area contributed by atoms with Crippen LogP contribution in [0.5, 0.6) is 0 Å². The molecule has 1 aromatic heterocycles. The van der Waals surface area contributed by atoms with Crippen molar-refractivity contribution in [1.82, 2.24) is 0 Å². The normalized spacial score (nSPS) is 15.3. The highest BCUT2D eigenvalue weighted by atomic mass is 32.2. The highest BCUT2D eigenvalue weighted by Gasteiger charge is 2.95. The lowest BCUT2D eigenvalue weighted by atomic mass is 9.91. The molecule has 0 N–H and O–H groups in total. The molecule has 1 rings (SSSR count). The molecule has 0 aliphatic rings. The molecular weight excluding hydrogens is 585 g/mol. The summed E-state index contributed by atoms with van der Waals surface area (Å²) < 4.78 is 246. The SMILES string of the molecule is C[n+]1ccccc1.O=S(=O)([O-])C(F)(F)C(F)(F)C(F)(F)C(F)(F)C(F)(F)C(F)(F)C(F)(F)C(F)(F)F. The fourth-order valence-corrected chi connectivity index (χ4v) is 2.23. The van der Waals surface area contributed by atoms with Crippen molar-refractivity contribution < 1.29 is 92.2 Å². The van der Waals surface area contributed by atoms with Crippen LogP contribution >= 0.6 is 0 Å². The summed E-state index contributed by atoms with van der Waals surface area (Å²) in [5.41, 5.74) is 0. The minimum absolute atomic E-state index is 2.00. The Kier molecular flexibility index (Phi) is 8.76. The third-order valence-corrected chi connectivity index (χ3v) is 4.76. The quantitative estimate of drug-likeness (QED) is 0.254. The van der Waals surface area contributed by atoms with E-state index in [-0.39, 0.29) is 0 Å². The summed E-state index contributed by atoms with van der Waals surface area (Å²) in [4.78, 5) is 0. The van der Waals surface area contributed by atoms with Gasteiger partial charge in [-0.15, -0.1) is 0 Å². The molecule has 0 atom stereocenters. The lowest BCUT2D eigenvalue weighted by Gasteiger charge is -2.42. The van der Waals surface area contributed by atoms with Crippen LogP contribution in [0, 0.1) is 0 Å². The van der Waals surface area contributed by atoms with Crippen molar-refractivity contribution in [3.63, 3.8) is 0 Å². The van der Waals surface area contributed by atoms with Gasteiger partial charge >= 0.3 is 47.0 Å². The zero-order valence-electron chi connectivity index (χ0n) is 16.4. The number of pyridine rings is 1. The van der Waals surface area contributed by atoms with Crippen LogP contribution in [0.15, 0.2) is 30.6 Å². The molecule has 0 aliphatic heterocycles. The van der Waals surface area contributed by atoms with Gasteiger partial charge in [0.15, 0.2) is 22.5 Å². The minimum Gasteiger partial charge on any atom is -0.743 e. The van der Waals surface area contributed by atoms with Gasteiger partial charge in [0.1, 0.15) is 7.05 Å². The van der Waals surface area contributed by atoms with Crippen LogP contribution < -0.4 is 4.57 Å². The van der Waals surface area contributed by atoms with E-state index in [0.717, 1.165) is 0 Å². The zero-order valence-corrected chi connectivity index (χ0v) is 17.2. The fraction of sp³-hybridized carbons (Fsp3) is 0.643. The molecule has 0 unspecified atom stereocenters. The molecular formula is C14H8F17NO3S. The van der Waals surface area contributed by atoms with E-state index >= 15 is 0 Å². The number of aromatic nitrogens is 1. The Morgan fingerprint density at radius 3 is 1.03 bits per heavy atom. The summed E-state index contributed by atoms with van der Waals surface area (Å²) in [6.45, 7) is 0. The Hall–Kier alpha value is -2.13. The molecule has 36 heavy (non-hydrogen) atoms. The summed E-state index contributed by atoms with van der Waals surface area (Å²) in [5.74, 6) is -52.1. The van der Waals surface area contributed by atoms with Crippen LogP contribution in [0.1, 0.15) is 0 Å². The van der Waals surface area contributed by atoms with E-state index in [1.54, 1.807) is 0 Å². The number of halogens is 17. The first kappa shape index (κ1) is 33.9. The molecule has 0 bridgehead atoms. The van der Waals surface area contributed by atoms with Crippen molar-refractivity contribution in [3.05, 3.63) is 30.6 Å². The van der Waals surface area contributed by atoms with Gasteiger partial charge in [0.25, 0.3) is 0 Å². The Bertz CT molecular complexity index is 1010. The molecule has 0 spiro atoms. The highest BCUT2D eigenvalue weighted by molar-refractivity contribution is 7.86. The van der Waals surface area contributed by atoms with Gasteiger partial charge in [-0.3, -0.25) is 0 Å². The van der Waals surface area contributed by atoms with E-state index in [2.05, 4.69) is 0 Å². The predicted octanol–water partition coefficient (Wildman–Crippen LogP) is 5.01. The first-order chi connectivity index (χ1) is 15.4. The lowest BCUT2D eigenvalue weighted by Crippen LogP contribution is -2.75. The van der Waals surface area contributed by atoms with E-state index in [0.29, 0.717) is 0 Å². The Labute approximate surface area is 188 Å². The first-order valence-corrected chi connectivity index (χ1v) is 9.37. The molecule has 0 saturated carbocycles. The molecule has 1 heterocycles.